The van der Waals surface area contributed by atoms with Crippen molar-refractivity contribution in [2.24, 2.45) is 5.10 Å². The Labute approximate surface area is 185 Å². The van der Waals surface area contributed by atoms with Crippen LogP contribution in [-0.4, -0.2) is 29.7 Å². The number of hydrogen-bond acceptors (Lipinski definition) is 5. The lowest BCUT2D eigenvalue weighted by molar-refractivity contribution is -0.120. The summed E-state index contributed by atoms with van der Waals surface area (Å²) in [5, 5.41) is 17.4. The lowest BCUT2D eigenvalue weighted by Gasteiger charge is -2.04. The summed E-state index contributed by atoms with van der Waals surface area (Å²) >= 11 is 14.0. The molecule has 0 bridgehead atoms. The van der Waals surface area contributed by atoms with E-state index in [9.17, 15) is 14.7 Å². The number of hydrazone groups is 1. The van der Waals surface area contributed by atoms with Crippen LogP contribution in [0.15, 0.2) is 50.4 Å². The fraction of sp³-hybridized carbons (Fsp3) is 0.0556. The van der Waals surface area contributed by atoms with Crippen molar-refractivity contribution in [2.75, 3.05) is 6.54 Å². The summed E-state index contributed by atoms with van der Waals surface area (Å²) in [5.74, 6) is -0.955. The number of carbonyl (C=O) groups excluding carboxylic acids is 2. The van der Waals surface area contributed by atoms with E-state index in [1.165, 1.54) is 17.6 Å². The van der Waals surface area contributed by atoms with Gasteiger partial charge >= 0.3 is 0 Å². The highest BCUT2D eigenvalue weighted by Gasteiger charge is 2.17. The number of fused-ring (bicyclic) bond motifs is 1. The average molecular weight is 546 g/mol. The largest absolute Gasteiger partial charge is 0.506 e. The van der Waals surface area contributed by atoms with Gasteiger partial charge in [-0.3, -0.25) is 9.59 Å². The topological polar surface area (TPSA) is 90.8 Å². The third-order valence-electron chi connectivity index (χ3n) is 3.60. The van der Waals surface area contributed by atoms with Gasteiger partial charge in [-0.1, -0.05) is 45.7 Å². The van der Waals surface area contributed by atoms with Crippen molar-refractivity contribution in [2.45, 2.75) is 0 Å². The molecule has 3 N–H and O–H groups in total. The minimum Gasteiger partial charge on any atom is -0.506 e. The number of nitrogens with zero attached hydrogens (tertiary/aromatic N) is 1. The summed E-state index contributed by atoms with van der Waals surface area (Å²) in [6.45, 7) is -0.269. The molecule has 2 amide bonds. The lowest BCUT2D eigenvalue weighted by atomic mass is 10.2. The normalized spacial score (nSPS) is 11.1. The van der Waals surface area contributed by atoms with Crippen molar-refractivity contribution >= 4 is 82.9 Å². The van der Waals surface area contributed by atoms with Gasteiger partial charge in [0.1, 0.15) is 10.6 Å². The maximum Gasteiger partial charge on any atom is 0.263 e. The molecule has 6 nitrogen and oxygen atoms in total. The molecule has 0 aliphatic carbocycles. The van der Waals surface area contributed by atoms with E-state index in [0.717, 1.165) is 14.6 Å². The molecule has 0 radical (unpaired) electrons. The van der Waals surface area contributed by atoms with E-state index in [2.05, 4.69) is 47.7 Å². The first-order valence-electron chi connectivity index (χ1n) is 7.82. The zero-order valence-corrected chi connectivity index (χ0v) is 18.7. The first-order valence-corrected chi connectivity index (χ1v) is 10.6. The first-order chi connectivity index (χ1) is 13.4. The highest BCUT2D eigenvalue weighted by molar-refractivity contribution is 9.11. The highest BCUT2D eigenvalue weighted by Crippen LogP contribution is 2.35. The number of hydrogen-bond donors (Lipinski definition) is 3. The average Bonchev–Trinajstić information content (AvgIpc) is 3.00. The molecule has 1 aromatic heterocycles. The maximum atomic E-state index is 12.3. The van der Waals surface area contributed by atoms with E-state index < -0.39 is 11.8 Å². The summed E-state index contributed by atoms with van der Waals surface area (Å²) in [6.07, 6.45) is 1.30. The quantitative estimate of drug-likeness (QED) is 0.322. The van der Waals surface area contributed by atoms with E-state index in [1.54, 1.807) is 12.1 Å². The third kappa shape index (κ3) is 4.72. The summed E-state index contributed by atoms with van der Waals surface area (Å²) in [6, 6.07) is 10.7. The van der Waals surface area contributed by atoms with Crippen molar-refractivity contribution in [1.29, 1.82) is 0 Å². The predicted molar refractivity (Wildman–Crippen MR) is 118 cm³/mol. The standard InChI is InChI=1S/C18H12Br2ClN3O3S/c19-10-5-9(16(26)12(20)6-10)7-23-24-14(25)8-22-18(27)17-15(21)11-3-1-2-4-13(11)28-17/h1-7,26H,8H2,(H,22,27)(H,24,25)/b23-7+. The number of aromatic hydroxyl groups is 1. The van der Waals surface area contributed by atoms with E-state index in [4.69, 9.17) is 11.6 Å². The van der Waals surface area contributed by atoms with Crippen LogP contribution in [-0.2, 0) is 4.79 Å². The van der Waals surface area contributed by atoms with Crippen LogP contribution in [0.3, 0.4) is 0 Å². The van der Waals surface area contributed by atoms with Crippen LogP contribution in [0, 0.1) is 0 Å². The van der Waals surface area contributed by atoms with Crippen molar-refractivity contribution in [1.82, 2.24) is 10.7 Å². The second-order valence-corrected chi connectivity index (χ2v) is 8.74. The van der Waals surface area contributed by atoms with Gasteiger partial charge in [0.25, 0.3) is 11.8 Å². The van der Waals surface area contributed by atoms with E-state index in [1.807, 2.05) is 24.3 Å². The molecule has 3 aromatic rings. The van der Waals surface area contributed by atoms with Gasteiger partial charge in [-0.2, -0.15) is 5.10 Å². The Bertz CT molecular complexity index is 1100. The summed E-state index contributed by atoms with van der Waals surface area (Å²) < 4.78 is 2.12. The Hall–Kier alpha value is -1.94. The third-order valence-corrected chi connectivity index (χ3v) is 6.34. The molecule has 0 atom stereocenters. The Morgan fingerprint density at radius 3 is 2.75 bits per heavy atom. The minimum absolute atomic E-state index is 0.00564. The predicted octanol–water partition coefficient (Wildman–Crippen LogP) is 4.67. The van der Waals surface area contributed by atoms with Crippen LogP contribution in [0.5, 0.6) is 5.75 Å². The molecule has 2 aromatic carbocycles. The molecule has 3 rings (SSSR count). The maximum absolute atomic E-state index is 12.3. The molecular formula is C18H12Br2ClN3O3S. The van der Waals surface area contributed by atoms with Gasteiger partial charge < -0.3 is 10.4 Å². The minimum atomic E-state index is -0.518. The number of rotatable bonds is 5. The smallest absolute Gasteiger partial charge is 0.263 e. The van der Waals surface area contributed by atoms with Gasteiger partial charge in [-0.15, -0.1) is 11.3 Å². The number of phenols is 1. The summed E-state index contributed by atoms with van der Waals surface area (Å²) in [5.41, 5.74) is 2.70. The van der Waals surface area contributed by atoms with Crippen LogP contribution < -0.4 is 10.7 Å². The Morgan fingerprint density at radius 2 is 2.00 bits per heavy atom. The van der Waals surface area contributed by atoms with Crippen LogP contribution in [0.2, 0.25) is 5.02 Å². The molecule has 0 saturated heterocycles. The van der Waals surface area contributed by atoms with Crippen molar-refractivity contribution in [3.63, 3.8) is 0 Å². The molecule has 0 saturated carbocycles. The number of phenolic OH excluding ortho intramolecular Hbond substituents is 1. The first kappa shape index (κ1) is 20.8. The second kappa shape index (κ2) is 9.04. The molecular weight excluding hydrogens is 534 g/mol. The Kier molecular flexibility index (Phi) is 6.71. The summed E-state index contributed by atoms with van der Waals surface area (Å²) in [7, 11) is 0. The van der Waals surface area contributed by atoms with Gasteiger partial charge in [0.05, 0.1) is 22.3 Å². The second-order valence-electron chi connectivity index (χ2n) is 5.54. The number of benzene rings is 2. The number of nitrogens with one attached hydrogen (secondary N) is 2. The van der Waals surface area contributed by atoms with Gasteiger partial charge in [-0.25, -0.2) is 5.43 Å². The molecule has 0 aliphatic rings. The summed E-state index contributed by atoms with van der Waals surface area (Å²) in [4.78, 5) is 24.6. The highest BCUT2D eigenvalue weighted by atomic mass is 79.9. The lowest BCUT2D eigenvalue weighted by Crippen LogP contribution is -2.34. The number of carbonyl (C=O) groups is 2. The van der Waals surface area contributed by atoms with Crippen LogP contribution in [0.4, 0.5) is 0 Å². The molecule has 10 heteroatoms. The van der Waals surface area contributed by atoms with Crippen LogP contribution >= 0.6 is 54.8 Å². The van der Waals surface area contributed by atoms with Gasteiger partial charge in [-0.05, 0) is 34.1 Å². The molecule has 1 heterocycles. The molecule has 0 fully saturated rings. The van der Waals surface area contributed by atoms with Crippen LogP contribution in [0.1, 0.15) is 15.2 Å². The molecule has 0 unspecified atom stereocenters. The van der Waals surface area contributed by atoms with E-state index in [0.29, 0.717) is 19.9 Å². The number of thiophene rings is 1. The Morgan fingerprint density at radius 1 is 1.25 bits per heavy atom. The van der Waals surface area contributed by atoms with Crippen molar-refractivity contribution < 1.29 is 14.7 Å². The zero-order chi connectivity index (χ0) is 20.3. The zero-order valence-electron chi connectivity index (χ0n) is 14.0. The van der Waals surface area contributed by atoms with Gasteiger partial charge in [0.2, 0.25) is 0 Å². The number of amides is 2. The van der Waals surface area contributed by atoms with Crippen molar-refractivity contribution in [3.8, 4) is 5.75 Å². The van der Waals surface area contributed by atoms with Gasteiger partial charge in [0, 0.05) is 20.1 Å². The molecule has 0 spiro atoms. The van der Waals surface area contributed by atoms with Crippen molar-refractivity contribution in [3.05, 3.63) is 60.8 Å². The SMILES string of the molecule is O=C(CNC(=O)c1sc2ccccc2c1Cl)N/N=C/c1cc(Br)cc(Br)c1O. The molecule has 144 valence electrons. The Balaban J connectivity index is 1.58. The van der Waals surface area contributed by atoms with E-state index in [-0.39, 0.29) is 12.3 Å². The molecule has 0 aliphatic heterocycles. The number of halogens is 3. The fourth-order valence-corrected chi connectivity index (χ4v) is 4.99. The van der Waals surface area contributed by atoms with Crippen LogP contribution in [0.25, 0.3) is 10.1 Å². The molecule has 28 heavy (non-hydrogen) atoms. The van der Waals surface area contributed by atoms with Gasteiger partial charge in [0.15, 0.2) is 0 Å². The van der Waals surface area contributed by atoms with E-state index >= 15 is 0 Å². The monoisotopic (exact) mass is 543 g/mol. The fourth-order valence-electron chi connectivity index (χ4n) is 2.30.